The maximum Gasteiger partial charge on any atom is 0.350 e. The summed E-state index contributed by atoms with van der Waals surface area (Å²) in [5.41, 5.74) is 1.24. The number of thiazole rings is 1. The van der Waals surface area contributed by atoms with E-state index in [-0.39, 0.29) is 27.9 Å². The average molecular weight is 593 g/mol. The monoisotopic (exact) mass is 592 g/mol. The Labute approximate surface area is 249 Å². The first-order valence-electron chi connectivity index (χ1n) is 14.2. The summed E-state index contributed by atoms with van der Waals surface area (Å²) in [4.78, 5) is 45.5. The van der Waals surface area contributed by atoms with E-state index in [0.717, 1.165) is 37.0 Å². The average Bonchev–Trinajstić information content (AvgIpc) is 3.50. The van der Waals surface area contributed by atoms with E-state index in [0.29, 0.717) is 41.5 Å². The standard InChI is InChI=1S/C32H36N2O7S/c1-5-8-18-40-23-14-10-21(11-15-23)26-25(27(35)22-12-16-24(17-13-22)41-19-9-6-2)28(36)30(37)34(26)32-33-20(4)29(42-32)31(38)39-7-3/h10-17,26,35H,5-9,18-19H2,1-4H3/t26-/m0/s1. The number of nitrogens with zero attached hydrogens (tertiary/aromatic N) is 2. The minimum atomic E-state index is -0.990. The molecule has 3 aromatic rings. The first-order valence-corrected chi connectivity index (χ1v) is 15.0. The van der Waals surface area contributed by atoms with Gasteiger partial charge in [-0.3, -0.25) is 14.5 Å². The molecular formula is C32H36N2O7S. The molecule has 0 unspecified atom stereocenters. The summed E-state index contributed by atoms with van der Waals surface area (Å²) in [5, 5.41) is 11.6. The highest BCUT2D eigenvalue weighted by atomic mass is 32.1. The van der Waals surface area contributed by atoms with Crippen molar-refractivity contribution in [3.63, 3.8) is 0 Å². The Balaban J connectivity index is 1.78. The first-order chi connectivity index (χ1) is 20.3. The zero-order chi connectivity index (χ0) is 30.2. The maximum absolute atomic E-state index is 13.5. The van der Waals surface area contributed by atoms with E-state index in [4.69, 9.17) is 14.2 Å². The van der Waals surface area contributed by atoms with Crippen LogP contribution in [0, 0.1) is 6.92 Å². The Bertz CT molecular complexity index is 1440. The third kappa shape index (κ3) is 6.65. The summed E-state index contributed by atoms with van der Waals surface area (Å²) in [6, 6.07) is 12.8. The molecule has 10 heteroatoms. The molecule has 0 bridgehead atoms. The summed E-state index contributed by atoms with van der Waals surface area (Å²) in [6.07, 6.45) is 3.84. The highest BCUT2D eigenvalue weighted by Gasteiger charge is 2.48. The van der Waals surface area contributed by atoms with Crippen molar-refractivity contribution in [3.8, 4) is 11.5 Å². The van der Waals surface area contributed by atoms with E-state index in [1.165, 1.54) is 4.90 Å². The number of carbonyl (C=O) groups is 3. The fourth-order valence-electron chi connectivity index (χ4n) is 4.50. The van der Waals surface area contributed by atoms with Crippen molar-refractivity contribution >= 4 is 39.9 Å². The molecule has 0 aliphatic carbocycles. The Hall–Kier alpha value is -4.18. The second-order valence-electron chi connectivity index (χ2n) is 9.80. The molecule has 1 fully saturated rings. The molecular weight excluding hydrogens is 556 g/mol. The number of rotatable bonds is 13. The third-order valence-corrected chi connectivity index (χ3v) is 7.89. The van der Waals surface area contributed by atoms with Crippen LogP contribution in [0.3, 0.4) is 0 Å². The number of Topliss-reactive ketones (excluding diaryl/α,β-unsaturated/α-hetero) is 1. The van der Waals surface area contributed by atoms with Gasteiger partial charge in [-0.25, -0.2) is 9.78 Å². The predicted octanol–water partition coefficient (Wildman–Crippen LogP) is 6.61. The van der Waals surface area contributed by atoms with Crippen LogP contribution in [0.1, 0.15) is 79.0 Å². The van der Waals surface area contributed by atoms with Gasteiger partial charge in [-0.05, 0) is 68.7 Å². The third-order valence-electron chi connectivity index (χ3n) is 6.75. The molecule has 1 saturated heterocycles. The minimum Gasteiger partial charge on any atom is -0.507 e. The van der Waals surface area contributed by atoms with E-state index in [1.807, 2.05) is 0 Å². The van der Waals surface area contributed by atoms with Crippen molar-refractivity contribution in [2.75, 3.05) is 24.7 Å². The van der Waals surface area contributed by atoms with Gasteiger partial charge in [-0.1, -0.05) is 50.2 Å². The lowest BCUT2D eigenvalue weighted by Crippen LogP contribution is -2.29. The summed E-state index contributed by atoms with van der Waals surface area (Å²) < 4.78 is 16.7. The number of ketones is 1. The molecule has 1 aliphatic rings. The Morgan fingerprint density at radius 2 is 1.50 bits per heavy atom. The molecule has 0 spiro atoms. The van der Waals surface area contributed by atoms with E-state index < -0.39 is 23.7 Å². The Morgan fingerprint density at radius 1 is 0.929 bits per heavy atom. The fraction of sp³-hybridized carbons (Fsp3) is 0.375. The van der Waals surface area contributed by atoms with Crippen LogP contribution in [0.5, 0.6) is 11.5 Å². The summed E-state index contributed by atoms with van der Waals surface area (Å²) >= 11 is 0.968. The number of carbonyl (C=O) groups excluding carboxylic acids is 3. The van der Waals surface area contributed by atoms with Gasteiger partial charge in [-0.15, -0.1) is 0 Å². The zero-order valence-corrected chi connectivity index (χ0v) is 25.2. The van der Waals surface area contributed by atoms with Crippen LogP contribution in [0.15, 0.2) is 54.1 Å². The number of hydrogen-bond acceptors (Lipinski definition) is 9. The van der Waals surface area contributed by atoms with Crippen LogP contribution >= 0.6 is 11.3 Å². The molecule has 0 saturated carbocycles. The summed E-state index contributed by atoms with van der Waals surface area (Å²) in [7, 11) is 0. The molecule has 9 nitrogen and oxygen atoms in total. The molecule has 1 N–H and O–H groups in total. The number of aryl methyl sites for hydroxylation is 1. The quantitative estimate of drug-likeness (QED) is 0.0775. The molecule has 2 heterocycles. The molecule has 1 amide bonds. The Kier molecular flexibility index (Phi) is 10.4. The van der Waals surface area contributed by atoms with Crippen molar-refractivity contribution < 1.29 is 33.7 Å². The maximum atomic E-state index is 13.5. The second-order valence-corrected chi connectivity index (χ2v) is 10.8. The normalized spacial score (nSPS) is 16.1. The van der Waals surface area contributed by atoms with E-state index >= 15 is 0 Å². The van der Waals surface area contributed by atoms with Crippen molar-refractivity contribution in [3.05, 3.63) is 75.8 Å². The van der Waals surface area contributed by atoms with E-state index in [1.54, 1.807) is 62.4 Å². The van der Waals surface area contributed by atoms with Crippen LogP contribution in [0.4, 0.5) is 5.13 Å². The molecule has 1 aliphatic heterocycles. The topological polar surface area (TPSA) is 115 Å². The molecule has 2 aromatic carbocycles. The van der Waals surface area contributed by atoms with E-state index in [9.17, 15) is 19.5 Å². The van der Waals surface area contributed by atoms with Gasteiger partial charge in [0.1, 0.15) is 22.1 Å². The number of aliphatic hydroxyl groups is 1. The van der Waals surface area contributed by atoms with Crippen molar-refractivity contribution in [1.82, 2.24) is 4.98 Å². The van der Waals surface area contributed by atoms with Gasteiger partial charge in [0, 0.05) is 5.56 Å². The molecule has 42 heavy (non-hydrogen) atoms. The number of anilines is 1. The van der Waals surface area contributed by atoms with Gasteiger partial charge < -0.3 is 19.3 Å². The van der Waals surface area contributed by atoms with Gasteiger partial charge in [0.2, 0.25) is 0 Å². The Morgan fingerprint density at radius 3 is 2.05 bits per heavy atom. The van der Waals surface area contributed by atoms with Gasteiger partial charge in [0.15, 0.2) is 5.13 Å². The fourth-order valence-corrected chi connectivity index (χ4v) is 5.48. The van der Waals surface area contributed by atoms with Crippen LogP contribution < -0.4 is 14.4 Å². The lowest BCUT2D eigenvalue weighted by molar-refractivity contribution is -0.132. The van der Waals surface area contributed by atoms with Crippen LogP contribution in [0.2, 0.25) is 0 Å². The summed E-state index contributed by atoms with van der Waals surface area (Å²) in [5.74, 6) is -1.29. The second kappa shape index (κ2) is 14.1. The number of aromatic nitrogens is 1. The smallest absolute Gasteiger partial charge is 0.350 e. The number of ether oxygens (including phenoxy) is 3. The number of unbranched alkanes of at least 4 members (excludes halogenated alkanes) is 2. The predicted molar refractivity (Wildman–Crippen MR) is 161 cm³/mol. The SMILES string of the molecule is CCCCOc1ccc(C(O)=C2C(=O)C(=O)N(c3nc(C)c(C(=O)OCC)s3)[C@H]2c2ccc(OCCCC)cc2)cc1. The van der Waals surface area contributed by atoms with Gasteiger partial charge in [-0.2, -0.15) is 0 Å². The highest BCUT2D eigenvalue weighted by molar-refractivity contribution is 7.17. The number of amides is 1. The van der Waals surface area contributed by atoms with Crippen LogP contribution in [-0.2, 0) is 14.3 Å². The van der Waals surface area contributed by atoms with Gasteiger partial charge >= 0.3 is 11.9 Å². The van der Waals surface area contributed by atoms with Crippen molar-refractivity contribution in [1.29, 1.82) is 0 Å². The van der Waals surface area contributed by atoms with Gasteiger partial charge in [0.05, 0.1) is 37.1 Å². The lowest BCUT2D eigenvalue weighted by Gasteiger charge is -2.23. The first kappa shape index (κ1) is 30.8. The number of aliphatic hydroxyl groups excluding tert-OH is 1. The molecule has 1 atom stereocenters. The molecule has 0 radical (unpaired) electrons. The largest absolute Gasteiger partial charge is 0.507 e. The van der Waals surface area contributed by atoms with Crippen molar-refractivity contribution in [2.45, 2.75) is 59.4 Å². The van der Waals surface area contributed by atoms with Crippen LogP contribution in [0.25, 0.3) is 5.76 Å². The number of hydrogen-bond donors (Lipinski definition) is 1. The number of esters is 1. The van der Waals surface area contributed by atoms with Crippen molar-refractivity contribution in [2.24, 2.45) is 0 Å². The zero-order valence-electron chi connectivity index (χ0n) is 24.3. The molecule has 1 aromatic heterocycles. The molecule has 222 valence electrons. The number of benzene rings is 2. The lowest BCUT2D eigenvalue weighted by atomic mass is 9.95. The van der Waals surface area contributed by atoms with Gasteiger partial charge in [0.25, 0.3) is 5.78 Å². The van der Waals surface area contributed by atoms with Crippen LogP contribution in [-0.4, -0.2) is 47.6 Å². The minimum absolute atomic E-state index is 0.0789. The van der Waals surface area contributed by atoms with E-state index in [2.05, 4.69) is 18.8 Å². The molecule has 4 rings (SSSR count). The highest BCUT2D eigenvalue weighted by Crippen LogP contribution is 2.44. The summed E-state index contributed by atoms with van der Waals surface area (Å²) in [6.45, 7) is 8.83.